The van der Waals surface area contributed by atoms with Gasteiger partial charge in [0.15, 0.2) is 5.78 Å². The van der Waals surface area contributed by atoms with E-state index in [1.54, 1.807) is 0 Å². The van der Waals surface area contributed by atoms with E-state index in [0.717, 1.165) is 38.8 Å². The van der Waals surface area contributed by atoms with Gasteiger partial charge in [0, 0.05) is 18.5 Å². The molecule has 3 rings (SSSR count). The number of hydrogen-bond acceptors (Lipinski definition) is 4. The number of piperidine rings is 1. The monoisotopic (exact) mass is 371 g/mol. The number of esters is 1. The second-order valence-corrected chi connectivity index (χ2v) is 8.98. The number of carbonyl (C=O) groups is 2. The minimum absolute atomic E-state index is 0.00358. The smallest absolute Gasteiger partial charge is 0.314 e. The van der Waals surface area contributed by atoms with Crippen LogP contribution in [0.1, 0.15) is 46.5 Å². The third-order valence-electron chi connectivity index (χ3n) is 7.02. The van der Waals surface area contributed by atoms with Crippen molar-refractivity contribution in [1.29, 1.82) is 0 Å². The first-order valence-corrected chi connectivity index (χ1v) is 9.16. The minimum atomic E-state index is -0.706. The first kappa shape index (κ1) is 16.4. The molecule has 0 amide bonds. The van der Waals surface area contributed by atoms with Crippen molar-refractivity contribution in [3.05, 3.63) is 0 Å². The van der Waals surface area contributed by atoms with Gasteiger partial charge in [0.1, 0.15) is 6.10 Å². The molecule has 0 aromatic heterocycles. The van der Waals surface area contributed by atoms with Crippen molar-refractivity contribution in [1.82, 2.24) is 4.90 Å². The van der Waals surface area contributed by atoms with E-state index in [9.17, 15) is 9.59 Å². The van der Waals surface area contributed by atoms with Gasteiger partial charge >= 0.3 is 5.97 Å². The zero-order valence-corrected chi connectivity index (χ0v) is 15.5. The lowest BCUT2D eigenvalue weighted by Gasteiger charge is -2.40. The molecule has 0 spiro atoms. The van der Waals surface area contributed by atoms with E-state index >= 15 is 0 Å². The second kappa shape index (κ2) is 5.04. The predicted molar refractivity (Wildman–Crippen MR) is 87.9 cm³/mol. The van der Waals surface area contributed by atoms with E-state index in [1.807, 2.05) is 6.92 Å². The molecule has 4 nitrogen and oxygen atoms in total. The number of halogens is 1. The summed E-state index contributed by atoms with van der Waals surface area (Å²) in [5.74, 6) is 0.00702. The fourth-order valence-electron chi connectivity index (χ4n) is 4.76. The van der Waals surface area contributed by atoms with Gasteiger partial charge < -0.3 is 9.64 Å². The Morgan fingerprint density at radius 1 is 1.23 bits per heavy atom. The first-order chi connectivity index (χ1) is 10.2. The number of carbonyl (C=O) groups excluding carboxylic acids is 2. The Balaban J connectivity index is 1.84. The van der Waals surface area contributed by atoms with E-state index < -0.39 is 15.7 Å². The minimum Gasteiger partial charge on any atom is -0.462 e. The Bertz CT molecular complexity index is 512. The highest BCUT2D eigenvalue weighted by atomic mass is 79.9. The molecule has 0 N–H and O–H groups in total. The Morgan fingerprint density at radius 3 is 2.32 bits per heavy atom. The molecule has 0 radical (unpaired) electrons. The lowest BCUT2D eigenvalue weighted by molar-refractivity contribution is -0.168. The predicted octanol–water partition coefficient (Wildman–Crippen LogP) is 2.78. The fourth-order valence-corrected chi connectivity index (χ4v) is 6.26. The normalized spacial score (nSPS) is 41.9. The Kier molecular flexibility index (Phi) is 3.76. The van der Waals surface area contributed by atoms with Crippen LogP contribution < -0.4 is 0 Å². The van der Waals surface area contributed by atoms with Crippen LogP contribution >= 0.6 is 15.9 Å². The van der Waals surface area contributed by atoms with Crippen molar-refractivity contribution in [3.8, 4) is 0 Å². The van der Waals surface area contributed by atoms with Crippen LogP contribution in [-0.4, -0.2) is 47.7 Å². The number of likely N-dealkylation sites (tertiary alicyclic amines) is 1. The number of rotatable bonds is 2. The van der Waals surface area contributed by atoms with Gasteiger partial charge in [0.25, 0.3) is 0 Å². The molecule has 3 aliphatic rings. The van der Waals surface area contributed by atoms with Crippen molar-refractivity contribution in [2.24, 2.45) is 16.2 Å². The van der Waals surface area contributed by atoms with Gasteiger partial charge in [-0.05, 0) is 38.1 Å². The summed E-state index contributed by atoms with van der Waals surface area (Å²) in [6, 6.07) is 0. The largest absolute Gasteiger partial charge is 0.462 e. The quantitative estimate of drug-likeness (QED) is 0.553. The van der Waals surface area contributed by atoms with Crippen LogP contribution in [0.15, 0.2) is 0 Å². The summed E-state index contributed by atoms with van der Waals surface area (Å²) in [5.41, 5.74) is -1.50. The highest BCUT2D eigenvalue weighted by Crippen LogP contribution is 2.72. The standard InChI is InChI=1S/C17H26BrNO3/c1-15(2)16(3)7-8-17(15,12(18)13(16)20)14(21)22-11-5-9-19(4)10-6-11/h11-12H,5-10H2,1-4H3. The molecule has 2 saturated carbocycles. The van der Waals surface area contributed by atoms with Crippen molar-refractivity contribution in [3.63, 3.8) is 0 Å². The van der Waals surface area contributed by atoms with E-state index in [0.29, 0.717) is 0 Å². The van der Waals surface area contributed by atoms with Gasteiger partial charge in [-0.2, -0.15) is 0 Å². The molecule has 3 unspecified atom stereocenters. The van der Waals surface area contributed by atoms with Gasteiger partial charge in [-0.25, -0.2) is 0 Å². The molecule has 0 aromatic carbocycles. The molecule has 22 heavy (non-hydrogen) atoms. The molecular formula is C17H26BrNO3. The fraction of sp³-hybridized carbons (Fsp3) is 0.882. The molecule has 3 atom stereocenters. The Morgan fingerprint density at radius 2 is 1.82 bits per heavy atom. The van der Waals surface area contributed by atoms with E-state index in [2.05, 4.69) is 41.7 Å². The van der Waals surface area contributed by atoms with Gasteiger partial charge in [0.2, 0.25) is 0 Å². The molecule has 124 valence electrons. The SMILES string of the molecule is CN1CCC(OC(=O)C23CCC(C)(C(=O)C2Br)C3(C)C)CC1. The highest BCUT2D eigenvalue weighted by Gasteiger charge is 2.77. The second-order valence-electron chi connectivity index (χ2n) is 8.06. The van der Waals surface area contributed by atoms with E-state index in [-0.39, 0.29) is 23.3 Å². The van der Waals surface area contributed by atoms with Crippen LogP contribution in [0.3, 0.4) is 0 Å². The van der Waals surface area contributed by atoms with Crippen LogP contribution in [0, 0.1) is 16.2 Å². The van der Waals surface area contributed by atoms with Gasteiger partial charge in [-0.15, -0.1) is 0 Å². The van der Waals surface area contributed by atoms with Crippen LogP contribution in [0.2, 0.25) is 0 Å². The zero-order chi connectivity index (χ0) is 16.3. The van der Waals surface area contributed by atoms with Crippen LogP contribution in [-0.2, 0) is 14.3 Å². The molecule has 1 aliphatic heterocycles. The van der Waals surface area contributed by atoms with Crippen LogP contribution in [0.25, 0.3) is 0 Å². The van der Waals surface area contributed by atoms with Gasteiger partial charge in [0.05, 0.1) is 10.2 Å². The van der Waals surface area contributed by atoms with Crippen LogP contribution in [0.4, 0.5) is 0 Å². The van der Waals surface area contributed by atoms with E-state index in [1.165, 1.54) is 0 Å². The summed E-state index contributed by atoms with van der Waals surface area (Å²) in [7, 11) is 2.09. The molecule has 1 heterocycles. The lowest BCUT2D eigenvalue weighted by atomic mass is 9.65. The summed E-state index contributed by atoms with van der Waals surface area (Å²) in [5, 5.41) is 0. The average molecular weight is 372 g/mol. The third-order valence-corrected chi connectivity index (χ3v) is 8.22. The molecule has 0 aromatic rings. The topological polar surface area (TPSA) is 46.6 Å². The zero-order valence-electron chi connectivity index (χ0n) is 13.9. The summed E-state index contributed by atoms with van der Waals surface area (Å²) in [4.78, 5) is 27.6. The summed E-state index contributed by atoms with van der Waals surface area (Å²) in [6.07, 6.45) is 3.29. The average Bonchev–Trinajstić information content (AvgIpc) is 2.74. The Hall–Kier alpha value is -0.420. The van der Waals surface area contributed by atoms with Crippen molar-refractivity contribution in [2.45, 2.75) is 57.4 Å². The molecule has 5 heteroatoms. The summed E-state index contributed by atoms with van der Waals surface area (Å²) < 4.78 is 5.90. The maximum atomic E-state index is 13.1. The number of nitrogens with zero attached hydrogens (tertiary/aromatic N) is 1. The number of hydrogen-bond donors (Lipinski definition) is 0. The lowest BCUT2D eigenvalue weighted by Crippen LogP contribution is -2.48. The number of ether oxygens (including phenoxy) is 1. The molecular weight excluding hydrogens is 346 g/mol. The number of alkyl halides is 1. The summed E-state index contributed by atoms with van der Waals surface area (Å²) in [6.45, 7) is 8.07. The Labute approximate surface area is 141 Å². The van der Waals surface area contributed by atoms with Crippen molar-refractivity contribution < 1.29 is 14.3 Å². The number of Topliss-reactive ketones (excluding diaryl/α,β-unsaturated/α-hetero) is 1. The molecule has 3 fully saturated rings. The van der Waals surface area contributed by atoms with E-state index in [4.69, 9.17) is 4.74 Å². The maximum absolute atomic E-state index is 13.1. The number of ketones is 1. The maximum Gasteiger partial charge on any atom is 0.314 e. The van der Waals surface area contributed by atoms with Crippen LogP contribution in [0.5, 0.6) is 0 Å². The van der Waals surface area contributed by atoms with Gasteiger partial charge in [-0.1, -0.05) is 36.7 Å². The molecule has 2 aliphatic carbocycles. The third kappa shape index (κ3) is 1.84. The van der Waals surface area contributed by atoms with Crippen molar-refractivity contribution >= 4 is 27.7 Å². The van der Waals surface area contributed by atoms with Gasteiger partial charge in [-0.3, -0.25) is 9.59 Å². The van der Waals surface area contributed by atoms with Crippen molar-refractivity contribution in [2.75, 3.05) is 20.1 Å². The first-order valence-electron chi connectivity index (χ1n) is 8.25. The number of fused-ring (bicyclic) bond motifs is 2. The highest BCUT2D eigenvalue weighted by molar-refractivity contribution is 9.10. The summed E-state index contributed by atoms with van der Waals surface area (Å²) >= 11 is 3.55. The molecule has 2 bridgehead atoms. The molecule has 1 saturated heterocycles.